The van der Waals surface area contributed by atoms with E-state index in [0.29, 0.717) is 0 Å². The highest BCUT2D eigenvalue weighted by Gasteiger charge is 2.17. The Bertz CT molecular complexity index is 240. The van der Waals surface area contributed by atoms with Crippen LogP contribution in [0.1, 0.15) is 97.8 Å². The molecule has 0 fully saturated rings. The Hall–Kier alpha value is -0.240. The number of amides is 1. The van der Waals surface area contributed by atoms with Crippen LogP contribution < -0.4 is 0 Å². The zero-order valence-electron chi connectivity index (χ0n) is 15.2. The fourth-order valence-electron chi connectivity index (χ4n) is 2.75. The first-order chi connectivity index (χ1) is 10.6. The van der Waals surface area contributed by atoms with E-state index in [-0.39, 0.29) is 11.3 Å². The van der Waals surface area contributed by atoms with E-state index in [1.165, 1.54) is 64.2 Å². The zero-order chi connectivity index (χ0) is 16.6. The van der Waals surface area contributed by atoms with Crippen molar-refractivity contribution < 1.29 is 4.79 Å². The molecule has 0 aromatic heterocycles. The summed E-state index contributed by atoms with van der Waals surface area (Å²) >= 11 is 5.99. The van der Waals surface area contributed by atoms with E-state index in [9.17, 15) is 4.79 Å². The topological polar surface area (TPSA) is 20.3 Å². The summed E-state index contributed by atoms with van der Waals surface area (Å²) in [5, 5.41) is -0.389. The molecule has 0 saturated carbocycles. The monoisotopic (exact) mass is 331 g/mol. The standard InChI is InChI=1S/C19H38ClNO/c1-4-6-8-10-12-14-16-21(19(22)18(3)20)17-15-13-11-9-7-5-2/h18H,4-17H2,1-3H3. The Morgan fingerprint density at radius 1 is 0.773 bits per heavy atom. The first-order valence-corrected chi connectivity index (χ1v) is 10.00. The number of carbonyl (C=O) groups is 1. The maximum Gasteiger partial charge on any atom is 0.240 e. The minimum absolute atomic E-state index is 0.115. The van der Waals surface area contributed by atoms with Crippen LogP contribution in [0.15, 0.2) is 0 Å². The minimum Gasteiger partial charge on any atom is -0.341 e. The maximum absolute atomic E-state index is 12.2. The summed E-state index contributed by atoms with van der Waals surface area (Å²) in [7, 11) is 0. The van der Waals surface area contributed by atoms with Crippen molar-refractivity contribution in [2.45, 2.75) is 103 Å². The average Bonchev–Trinajstić information content (AvgIpc) is 2.51. The molecule has 0 saturated heterocycles. The van der Waals surface area contributed by atoms with E-state index in [2.05, 4.69) is 13.8 Å². The SMILES string of the molecule is CCCCCCCCN(CCCCCCCC)C(=O)C(C)Cl. The Kier molecular flexibility index (Phi) is 15.5. The second-order valence-corrected chi connectivity index (χ2v) is 7.13. The van der Waals surface area contributed by atoms with Crippen molar-refractivity contribution in [3.63, 3.8) is 0 Å². The minimum atomic E-state index is -0.389. The molecular formula is C19H38ClNO. The van der Waals surface area contributed by atoms with Crippen LogP contribution in [0.25, 0.3) is 0 Å². The summed E-state index contributed by atoms with van der Waals surface area (Å²) in [6, 6.07) is 0. The van der Waals surface area contributed by atoms with Gasteiger partial charge in [0.2, 0.25) is 5.91 Å². The second kappa shape index (κ2) is 15.6. The van der Waals surface area contributed by atoms with Crippen molar-refractivity contribution in [2.75, 3.05) is 13.1 Å². The number of halogens is 1. The van der Waals surface area contributed by atoms with Gasteiger partial charge in [0.1, 0.15) is 5.38 Å². The highest BCUT2D eigenvalue weighted by atomic mass is 35.5. The van der Waals surface area contributed by atoms with Crippen LogP contribution in [-0.4, -0.2) is 29.3 Å². The van der Waals surface area contributed by atoms with Gasteiger partial charge in [-0.25, -0.2) is 0 Å². The largest absolute Gasteiger partial charge is 0.341 e. The molecule has 3 heteroatoms. The second-order valence-electron chi connectivity index (χ2n) is 6.48. The third-order valence-electron chi connectivity index (χ3n) is 4.22. The van der Waals surface area contributed by atoms with Crippen LogP contribution in [0.2, 0.25) is 0 Å². The molecule has 0 heterocycles. The summed E-state index contributed by atoms with van der Waals surface area (Å²) in [5.74, 6) is 0.115. The van der Waals surface area contributed by atoms with Crippen LogP contribution in [0.4, 0.5) is 0 Å². The summed E-state index contributed by atoms with van der Waals surface area (Å²) in [4.78, 5) is 14.2. The van der Waals surface area contributed by atoms with Crippen molar-refractivity contribution in [3.05, 3.63) is 0 Å². The van der Waals surface area contributed by atoms with Crippen LogP contribution in [0.5, 0.6) is 0 Å². The van der Waals surface area contributed by atoms with E-state index in [1.807, 2.05) is 4.90 Å². The first kappa shape index (κ1) is 21.8. The highest BCUT2D eigenvalue weighted by Crippen LogP contribution is 2.11. The summed E-state index contributed by atoms with van der Waals surface area (Å²) in [5.41, 5.74) is 0. The lowest BCUT2D eigenvalue weighted by Gasteiger charge is -2.24. The molecule has 0 aliphatic carbocycles. The van der Waals surface area contributed by atoms with Gasteiger partial charge in [-0.1, -0.05) is 78.1 Å². The molecule has 0 aromatic rings. The smallest absolute Gasteiger partial charge is 0.240 e. The van der Waals surface area contributed by atoms with E-state index >= 15 is 0 Å². The molecule has 0 bridgehead atoms. The van der Waals surface area contributed by atoms with E-state index < -0.39 is 0 Å². The highest BCUT2D eigenvalue weighted by molar-refractivity contribution is 6.30. The quantitative estimate of drug-likeness (QED) is 0.260. The normalized spacial score (nSPS) is 12.4. The summed E-state index contributed by atoms with van der Waals surface area (Å²) in [6.45, 7) is 8.04. The Morgan fingerprint density at radius 3 is 1.50 bits per heavy atom. The molecule has 0 aliphatic heterocycles. The molecule has 1 unspecified atom stereocenters. The molecule has 22 heavy (non-hydrogen) atoms. The Labute approximate surface area is 144 Å². The number of hydrogen-bond donors (Lipinski definition) is 0. The average molecular weight is 332 g/mol. The molecule has 0 aromatic carbocycles. The molecule has 2 nitrogen and oxygen atoms in total. The van der Waals surface area contributed by atoms with Crippen molar-refractivity contribution in [1.29, 1.82) is 0 Å². The van der Waals surface area contributed by atoms with E-state index in [1.54, 1.807) is 6.92 Å². The predicted octanol–water partition coefficient (Wildman–Crippen LogP) is 6.16. The predicted molar refractivity (Wildman–Crippen MR) is 98.6 cm³/mol. The molecule has 0 N–H and O–H groups in total. The molecule has 1 atom stereocenters. The first-order valence-electron chi connectivity index (χ1n) is 9.56. The van der Waals surface area contributed by atoms with Crippen molar-refractivity contribution in [2.24, 2.45) is 0 Å². The van der Waals surface area contributed by atoms with Gasteiger partial charge in [-0.05, 0) is 19.8 Å². The van der Waals surface area contributed by atoms with Crippen LogP contribution in [0, 0.1) is 0 Å². The molecule has 0 radical (unpaired) electrons. The van der Waals surface area contributed by atoms with Crippen molar-refractivity contribution >= 4 is 17.5 Å². The van der Waals surface area contributed by atoms with Gasteiger partial charge in [0.05, 0.1) is 0 Å². The fraction of sp³-hybridized carbons (Fsp3) is 0.947. The molecule has 0 rings (SSSR count). The Morgan fingerprint density at radius 2 is 1.14 bits per heavy atom. The molecule has 0 aliphatic rings. The number of rotatable bonds is 15. The molecule has 132 valence electrons. The van der Waals surface area contributed by atoms with Gasteiger partial charge in [-0.15, -0.1) is 11.6 Å². The van der Waals surface area contributed by atoms with Gasteiger partial charge in [0, 0.05) is 13.1 Å². The molecule has 1 amide bonds. The van der Waals surface area contributed by atoms with Crippen molar-refractivity contribution in [3.8, 4) is 0 Å². The van der Waals surface area contributed by atoms with Gasteiger partial charge in [0.15, 0.2) is 0 Å². The van der Waals surface area contributed by atoms with Crippen LogP contribution in [-0.2, 0) is 4.79 Å². The summed E-state index contributed by atoms with van der Waals surface area (Å²) < 4.78 is 0. The van der Waals surface area contributed by atoms with Gasteiger partial charge in [0.25, 0.3) is 0 Å². The molecular weight excluding hydrogens is 294 g/mol. The van der Waals surface area contributed by atoms with Crippen LogP contribution >= 0.6 is 11.6 Å². The lowest BCUT2D eigenvalue weighted by Crippen LogP contribution is -2.37. The lowest BCUT2D eigenvalue weighted by molar-refractivity contribution is -0.130. The number of carbonyl (C=O) groups excluding carboxylic acids is 1. The van der Waals surface area contributed by atoms with E-state index in [4.69, 9.17) is 11.6 Å². The van der Waals surface area contributed by atoms with Crippen molar-refractivity contribution in [1.82, 2.24) is 4.90 Å². The Balaban J connectivity index is 3.88. The van der Waals surface area contributed by atoms with Gasteiger partial charge in [-0.3, -0.25) is 4.79 Å². The molecule has 0 spiro atoms. The van der Waals surface area contributed by atoms with Crippen LogP contribution in [0.3, 0.4) is 0 Å². The van der Waals surface area contributed by atoms with Gasteiger partial charge < -0.3 is 4.90 Å². The summed E-state index contributed by atoms with van der Waals surface area (Å²) in [6.07, 6.45) is 15.2. The lowest BCUT2D eigenvalue weighted by atomic mass is 10.1. The van der Waals surface area contributed by atoms with Gasteiger partial charge >= 0.3 is 0 Å². The number of hydrogen-bond acceptors (Lipinski definition) is 1. The number of unbranched alkanes of at least 4 members (excludes halogenated alkanes) is 10. The third kappa shape index (κ3) is 12.3. The fourth-order valence-corrected chi connectivity index (χ4v) is 2.89. The maximum atomic E-state index is 12.2. The van der Waals surface area contributed by atoms with Gasteiger partial charge in [-0.2, -0.15) is 0 Å². The number of alkyl halides is 1. The third-order valence-corrected chi connectivity index (χ3v) is 4.40. The zero-order valence-corrected chi connectivity index (χ0v) is 16.0. The number of nitrogens with zero attached hydrogens (tertiary/aromatic N) is 1. The van der Waals surface area contributed by atoms with E-state index in [0.717, 1.165) is 25.9 Å².